The lowest BCUT2D eigenvalue weighted by molar-refractivity contribution is -0.126. The summed E-state index contributed by atoms with van der Waals surface area (Å²) in [5.74, 6) is -0.289. The van der Waals surface area contributed by atoms with Crippen molar-refractivity contribution in [3.05, 3.63) is 107 Å². The van der Waals surface area contributed by atoms with Gasteiger partial charge in [-0.2, -0.15) is 0 Å². The first kappa shape index (κ1) is 34.7. The predicted octanol–water partition coefficient (Wildman–Crippen LogP) is 6.15. The average molecular weight is 628 g/mol. The molecule has 3 amide bonds. The van der Waals surface area contributed by atoms with Crippen LogP contribution in [0.3, 0.4) is 0 Å². The molecule has 0 radical (unpaired) electrons. The van der Waals surface area contributed by atoms with E-state index in [9.17, 15) is 19.5 Å². The van der Waals surface area contributed by atoms with Gasteiger partial charge in [-0.25, -0.2) is 9.59 Å². The summed E-state index contributed by atoms with van der Waals surface area (Å²) in [7, 11) is 0. The Kier molecular flexibility index (Phi) is 12.8. The van der Waals surface area contributed by atoms with Crippen LogP contribution in [-0.4, -0.2) is 59.2 Å². The number of urea groups is 1. The minimum Gasteiger partial charge on any atom is -0.445 e. The highest BCUT2D eigenvalue weighted by atomic mass is 16.5. The van der Waals surface area contributed by atoms with Gasteiger partial charge in [0.25, 0.3) is 0 Å². The molecular weight excluding hydrogens is 578 g/mol. The number of benzene rings is 3. The minimum absolute atomic E-state index is 0.0132. The maximum absolute atomic E-state index is 13.9. The van der Waals surface area contributed by atoms with Crippen molar-refractivity contribution in [2.75, 3.05) is 13.1 Å². The zero-order valence-electron chi connectivity index (χ0n) is 27.6. The number of ketones is 1. The maximum Gasteiger partial charge on any atom is 0.407 e. The van der Waals surface area contributed by atoms with E-state index in [1.54, 1.807) is 4.90 Å². The number of ether oxygens (including phenoxy) is 1. The molecule has 0 saturated carbocycles. The second-order valence-electron chi connectivity index (χ2n) is 12.9. The highest BCUT2D eigenvalue weighted by Crippen LogP contribution is 2.25. The number of rotatable bonds is 15. The lowest BCUT2D eigenvalue weighted by Gasteiger charge is -2.37. The van der Waals surface area contributed by atoms with Crippen LogP contribution >= 0.6 is 0 Å². The summed E-state index contributed by atoms with van der Waals surface area (Å²) in [5.41, 5.74) is 5.08. The van der Waals surface area contributed by atoms with Crippen LogP contribution in [0.4, 0.5) is 9.59 Å². The third-order valence-corrected chi connectivity index (χ3v) is 8.90. The molecule has 4 rings (SSSR count). The number of amides is 3. The largest absolute Gasteiger partial charge is 0.445 e. The van der Waals surface area contributed by atoms with E-state index in [-0.39, 0.29) is 43.1 Å². The molecule has 0 spiro atoms. The van der Waals surface area contributed by atoms with Gasteiger partial charge < -0.3 is 25.4 Å². The van der Waals surface area contributed by atoms with E-state index in [2.05, 4.69) is 10.6 Å². The molecule has 246 valence electrons. The SMILES string of the molecule is Cc1cccc(C)c1COC(=O)NC(Cc1ccccc1)C(O)CC(CC(=O)C(C(C)C)N1CCCNC1=O)Cc1ccccc1. The van der Waals surface area contributed by atoms with E-state index in [1.165, 1.54) is 0 Å². The van der Waals surface area contributed by atoms with Crippen LogP contribution in [0.25, 0.3) is 0 Å². The summed E-state index contributed by atoms with van der Waals surface area (Å²) in [6, 6.07) is 24.2. The Morgan fingerprint density at radius 3 is 2.11 bits per heavy atom. The molecular formula is C38H49N3O5. The Labute approximate surface area is 273 Å². The van der Waals surface area contributed by atoms with Gasteiger partial charge in [-0.15, -0.1) is 0 Å². The van der Waals surface area contributed by atoms with Crippen molar-refractivity contribution in [1.29, 1.82) is 0 Å². The van der Waals surface area contributed by atoms with Gasteiger partial charge in [0.1, 0.15) is 6.61 Å². The first-order valence-electron chi connectivity index (χ1n) is 16.4. The summed E-state index contributed by atoms with van der Waals surface area (Å²) in [6.45, 7) is 9.19. The van der Waals surface area contributed by atoms with Gasteiger partial charge in [0.15, 0.2) is 5.78 Å². The molecule has 1 aliphatic heterocycles. The van der Waals surface area contributed by atoms with Gasteiger partial charge in [0, 0.05) is 19.5 Å². The number of nitrogens with zero attached hydrogens (tertiary/aromatic N) is 1. The van der Waals surface area contributed by atoms with Crippen molar-refractivity contribution < 1.29 is 24.2 Å². The van der Waals surface area contributed by atoms with Gasteiger partial charge in [0.2, 0.25) is 0 Å². The van der Waals surface area contributed by atoms with E-state index >= 15 is 0 Å². The quantitative estimate of drug-likeness (QED) is 0.187. The fraction of sp³-hybridized carbons (Fsp3) is 0.447. The number of aliphatic hydroxyl groups excluding tert-OH is 1. The second-order valence-corrected chi connectivity index (χ2v) is 12.9. The molecule has 1 aliphatic rings. The van der Waals surface area contributed by atoms with E-state index in [1.807, 2.05) is 107 Å². The van der Waals surface area contributed by atoms with E-state index in [0.29, 0.717) is 25.9 Å². The molecule has 1 saturated heterocycles. The fourth-order valence-electron chi connectivity index (χ4n) is 6.47. The molecule has 3 aromatic carbocycles. The number of hydrogen-bond acceptors (Lipinski definition) is 5. The first-order chi connectivity index (χ1) is 22.1. The summed E-state index contributed by atoms with van der Waals surface area (Å²) >= 11 is 0. The van der Waals surface area contributed by atoms with Gasteiger partial charge in [-0.05, 0) is 79.2 Å². The van der Waals surface area contributed by atoms with Crippen molar-refractivity contribution in [2.45, 2.75) is 84.6 Å². The van der Waals surface area contributed by atoms with Gasteiger partial charge in [-0.1, -0.05) is 92.7 Å². The summed E-state index contributed by atoms with van der Waals surface area (Å²) < 4.78 is 5.65. The molecule has 1 heterocycles. The predicted molar refractivity (Wildman–Crippen MR) is 180 cm³/mol. The molecule has 0 aliphatic carbocycles. The van der Waals surface area contributed by atoms with Gasteiger partial charge in [-0.3, -0.25) is 4.79 Å². The number of nitrogens with one attached hydrogen (secondary N) is 2. The molecule has 3 aromatic rings. The van der Waals surface area contributed by atoms with Crippen molar-refractivity contribution in [2.24, 2.45) is 11.8 Å². The zero-order valence-corrected chi connectivity index (χ0v) is 27.6. The highest BCUT2D eigenvalue weighted by molar-refractivity contribution is 5.89. The number of aryl methyl sites for hydroxylation is 2. The fourth-order valence-corrected chi connectivity index (χ4v) is 6.47. The van der Waals surface area contributed by atoms with Crippen LogP contribution in [0.2, 0.25) is 0 Å². The Hall–Kier alpha value is -4.17. The molecule has 46 heavy (non-hydrogen) atoms. The van der Waals surface area contributed by atoms with Crippen molar-refractivity contribution in [1.82, 2.24) is 15.5 Å². The smallest absolute Gasteiger partial charge is 0.407 e. The van der Waals surface area contributed by atoms with Crippen molar-refractivity contribution in [3.8, 4) is 0 Å². The number of Topliss-reactive ketones (excluding diaryl/α,β-unsaturated/α-hetero) is 1. The highest BCUT2D eigenvalue weighted by Gasteiger charge is 2.35. The second kappa shape index (κ2) is 16.9. The Morgan fingerprint density at radius 1 is 0.913 bits per heavy atom. The molecule has 8 nitrogen and oxygen atoms in total. The van der Waals surface area contributed by atoms with E-state index in [4.69, 9.17) is 4.74 Å². The van der Waals surface area contributed by atoms with E-state index < -0.39 is 24.3 Å². The lowest BCUT2D eigenvalue weighted by atomic mass is 9.83. The van der Waals surface area contributed by atoms with Crippen LogP contribution in [0.15, 0.2) is 78.9 Å². The van der Waals surface area contributed by atoms with Crippen molar-refractivity contribution >= 4 is 17.9 Å². The van der Waals surface area contributed by atoms with Crippen LogP contribution in [0.5, 0.6) is 0 Å². The number of alkyl carbamates (subject to hydrolysis) is 1. The molecule has 1 fully saturated rings. The van der Waals surface area contributed by atoms with Crippen LogP contribution in [0, 0.1) is 25.7 Å². The number of carbonyl (C=O) groups is 3. The van der Waals surface area contributed by atoms with Crippen LogP contribution < -0.4 is 10.6 Å². The number of hydrogen-bond donors (Lipinski definition) is 3. The zero-order chi connectivity index (χ0) is 33.1. The van der Waals surface area contributed by atoms with Crippen LogP contribution in [-0.2, 0) is 29.0 Å². The normalized spacial score (nSPS) is 15.9. The van der Waals surface area contributed by atoms with Crippen LogP contribution in [0.1, 0.15) is 60.9 Å². The molecule has 4 atom stereocenters. The van der Waals surface area contributed by atoms with E-state index in [0.717, 1.165) is 34.2 Å². The third-order valence-electron chi connectivity index (χ3n) is 8.90. The molecule has 8 heteroatoms. The van der Waals surface area contributed by atoms with Crippen molar-refractivity contribution in [3.63, 3.8) is 0 Å². The van der Waals surface area contributed by atoms with Gasteiger partial charge in [0.05, 0.1) is 18.2 Å². The summed E-state index contributed by atoms with van der Waals surface area (Å²) in [5, 5.41) is 17.5. The average Bonchev–Trinajstić information content (AvgIpc) is 3.02. The topological polar surface area (TPSA) is 108 Å². The number of aliphatic hydroxyl groups is 1. The molecule has 0 aromatic heterocycles. The molecule has 3 N–H and O–H groups in total. The summed E-state index contributed by atoms with van der Waals surface area (Å²) in [4.78, 5) is 41.4. The first-order valence-corrected chi connectivity index (χ1v) is 16.4. The third kappa shape index (κ3) is 9.91. The lowest BCUT2D eigenvalue weighted by Crippen LogP contribution is -2.55. The standard InChI is InChI=1S/C38H49N3O5/c1-26(2)36(41-20-12-19-39-37(41)44)35(43)24-31(21-29-15-7-5-8-16-29)23-34(42)33(22-30-17-9-6-10-18-30)40-38(45)46-25-32-27(3)13-11-14-28(32)4/h5-11,13-18,26,31,33-34,36,42H,12,19-25H2,1-4H3,(H,39,44)(H,40,45). The Bertz CT molecular complexity index is 1410. The molecule has 4 unspecified atom stereocenters. The molecule has 0 bridgehead atoms. The summed E-state index contributed by atoms with van der Waals surface area (Å²) in [6.07, 6.45) is 0.699. The Balaban J connectivity index is 1.52. The monoisotopic (exact) mass is 627 g/mol. The minimum atomic E-state index is -0.953. The Morgan fingerprint density at radius 2 is 1.52 bits per heavy atom. The number of carbonyl (C=O) groups excluding carboxylic acids is 3. The van der Waals surface area contributed by atoms with Gasteiger partial charge >= 0.3 is 12.1 Å². The maximum atomic E-state index is 13.9.